The zero-order valence-corrected chi connectivity index (χ0v) is 32.2. The van der Waals surface area contributed by atoms with Gasteiger partial charge in [0.1, 0.15) is 28.6 Å². The highest BCUT2D eigenvalue weighted by molar-refractivity contribution is 7.90. The molecule has 0 spiro atoms. The fourth-order valence-corrected chi connectivity index (χ4v) is 9.13. The molecule has 0 radical (unpaired) electrons. The van der Waals surface area contributed by atoms with Crippen LogP contribution in [-0.2, 0) is 21.2 Å². The second-order valence-electron chi connectivity index (χ2n) is 14.8. The van der Waals surface area contributed by atoms with Crippen molar-refractivity contribution in [2.45, 2.75) is 49.5 Å². The van der Waals surface area contributed by atoms with Gasteiger partial charge in [0.15, 0.2) is 0 Å². The molecule has 57 heavy (non-hydrogen) atoms. The molecule has 4 N–H and O–H groups in total. The summed E-state index contributed by atoms with van der Waals surface area (Å²) < 4.78 is 41.0. The van der Waals surface area contributed by atoms with Crippen molar-refractivity contribution in [3.63, 3.8) is 0 Å². The Labute approximate surface area is 330 Å². The molecule has 1 amide bonds. The van der Waals surface area contributed by atoms with Crippen molar-refractivity contribution in [1.82, 2.24) is 19.6 Å². The van der Waals surface area contributed by atoms with Crippen LogP contribution in [0.3, 0.4) is 0 Å². The van der Waals surface area contributed by atoms with E-state index in [1.165, 1.54) is 30.0 Å². The number of carbonyl (C=O) groups is 1. The molecule has 15 nitrogen and oxygen atoms in total. The Bertz CT molecular complexity index is 2390. The number of piperazine rings is 1. The SMILES string of the molecule is O=C(NS(=O)(=O)c1ccc(NCC2CCOCC2)c([N+](=O)[O-])c1)c1ccc(N2CCN([C@@H]3CCCCc4c(O)cccc43)CC2)cc1Oc1cnc2[nH]ccc2c1. The third kappa shape index (κ3) is 8.38. The number of anilines is 2. The molecule has 2 aliphatic heterocycles. The number of nitro groups is 1. The number of nitrogens with zero attached hydrogens (tertiary/aromatic N) is 4. The lowest BCUT2D eigenvalue weighted by Gasteiger charge is -2.40. The van der Waals surface area contributed by atoms with Crippen molar-refractivity contribution in [3.05, 3.63) is 106 Å². The van der Waals surface area contributed by atoms with E-state index < -0.39 is 31.4 Å². The zero-order chi connectivity index (χ0) is 39.5. The Hall–Kier alpha value is -5.71. The monoisotopic (exact) mass is 795 g/mol. The number of aromatic nitrogens is 2. The van der Waals surface area contributed by atoms with E-state index in [-0.39, 0.29) is 29.0 Å². The van der Waals surface area contributed by atoms with Crippen LogP contribution in [0.4, 0.5) is 17.1 Å². The molecule has 0 saturated carbocycles. The van der Waals surface area contributed by atoms with Crippen molar-refractivity contribution in [2.24, 2.45) is 5.92 Å². The van der Waals surface area contributed by atoms with Gasteiger partial charge in [0.25, 0.3) is 21.6 Å². The third-order valence-electron chi connectivity index (χ3n) is 11.3. The highest BCUT2D eigenvalue weighted by Gasteiger charge is 2.30. The number of benzene rings is 3. The Morgan fingerprint density at radius 1 is 1.02 bits per heavy atom. The maximum absolute atomic E-state index is 13.9. The molecular formula is C41H45N7O8S. The molecule has 4 heterocycles. The lowest BCUT2D eigenvalue weighted by molar-refractivity contribution is -0.384. The van der Waals surface area contributed by atoms with E-state index >= 15 is 0 Å². The van der Waals surface area contributed by atoms with E-state index in [1.54, 1.807) is 30.5 Å². The highest BCUT2D eigenvalue weighted by Crippen LogP contribution is 2.39. The number of aromatic hydroxyl groups is 1. The van der Waals surface area contributed by atoms with Gasteiger partial charge < -0.3 is 29.8 Å². The maximum Gasteiger partial charge on any atom is 0.293 e. The van der Waals surface area contributed by atoms with Gasteiger partial charge in [0, 0.05) is 81.4 Å². The van der Waals surface area contributed by atoms with Gasteiger partial charge in [0.2, 0.25) is 0 Å². The molecule has 0 unspecified atom stereocenters. The van der Waals surface area contributed by atoms with Gasteiger partial charge in [-0.05, 0) is 91.6 Å². The van der Waals surface area contributed by atoms with Crippen LogP contribution in [0.2, 0.25) is 0 Å². The fraction of sp³-hybridized carbons (Fsp3) is 0.366. The predicted molar refractivity (Wildman–Crippen MR) is 215 cm³/mol. The molecule has 5 aromatic rings. The number of amides is 1. The van der Waals surface area contributed by atoms with Crippen molar-refractivity contribution < 1.29 is 32.7 Å². The van der Waals surface area contributed by atoms with Crippen molar-refractivity contribution in [3.8, 4) is 17.2 Å². The Kier molecular flexibility index (Phi) is 11.0. The molecule has 2 aromatic heterocycles. The molecule has 298 valence electrons. The van der Waals surface area contributed by atoms with Gasteiger partial charge in [-0.25, -0.2) is 18.1 Å². The minimum absolute atomic E-state index is 0.0470. The molecule has 1 atom stereocenters. The van der Waals surface area contributed by atoms with Gasteiger partial charge >= 0.3 is 0 Å². The van der Waals surface area contributed by atoms with Crippen LogP contribution >= 0.6 is 0 Å². The predicted octanol–water partition coefficient (Wildman–Crippen LogP) is 6.52. The molecule has 1 aliphatic carbocycles. The molecule has 2 fully saturated rings. The van der Waals surface area contributed by atoms with E-state index in [4.69, 9.17) is 9.47 Å². The first kappa shape index (κ1) is 38.2. The molecule has 3 aliphatic rings. The van der Waals surface area contributed by atoms with Crippen LogP contribution in [0.1, 0.15) is 59.6 Å². The second-order valence-corrected chi connectivity index (χ2v) is 16.5. The van der Waals surface area contributed by atoms with Crippen molar-refractivity contribution >= 4 is 44.0 Å². The molecule has 16 heteroatoms. The van der Waals surface area contributed by atoms with Crippen molar-refractivity contribution in [1.29, 1.82) is 0 Å². The summed E-state index contributed by atoms with van der Waals surface area (Å²) in [5.74, 6) is 0.134. The van der Waals surface area contributed by atoms with Crippen LogP contribution in [0, 0.1) is 16.0 Å². The number of phenolic OH excluding ortho intramolecular Hbond substituents is 1. The largest absolute Gasteiger partial charge is 0.508 e. The normalized spacial score (nSPS) is 18.1. The summed E-state index contributed by atoms with van der Waals surface area (Å²) in [4.78, 5) is 36.9. The topological polar surface area (TPSA) is 192 Å². The van der Waals surface area contributed by atoms with E-state index in [9.17, 15) is 28.4 Å². The standard InChI is InChI=1S/C41H45N7O8S/c49-38-7-3-5-32-33(38)4-1-2-6-36(32)47-18-16-46(17-19-47)29-8-10-34(39(23-29)56-30-22-28-12-15-42-40(28)44-26-30)41(50)45-57(53,54)31-9-11-35(37(24-31)48(51)52)43-25-27-13-20-55-21-14-27/h3,5,7-12,15,22-24,26-27,36,43,49H,1-2,4,6,13-14,16-21,25H2,(H,42,44)(H,45,50)/t36-/m1/s1. The van der Waals surface area contributed by atoms with Gasteiger partial charge in [-0.2, -0.15) is 0 Å². The number of nitrogens with one attached hydrogen (secondary N) is 3. The van der Waals surface area contributed by atoms with Crippen molar-refractivity contribution in [2.75, 3.05) is 56.2 Å². The summed E-state index contributed by atoms with van der Waals surface area (Å²) in [5, 5.41) is 26.5. The minimum atomic E-state index is -4.55. The molecule has 2 saturated heterocycles. The first-order valence-corrected chi connectivity index (χ1v) is 20.8. The second kappa shape index (κ2) is 16.4. The summed E-state index contributed by atoms with van der Waals surface area (Å²) in [6.07, 6.45) is 8.92. The number of phenols is 1. The van der Waals surface area contributed by atoms with Gasteiger partial charge in [-0.3, -0.25) is 19.8 Å². The first-order chi connectivity index (χ1) is 27.6. The summed E-state index contributed by atoms with van der Waals surface area (Å²) in [7, 11) is -4.55. The summed E-state index contributed by atoms with van der Waals surface area (Å²) >= 11 is 0. The van der Waals surface area contributed by atoms with Crippen LogP contribution in [0.15, 0.2) is 84.0 Å². The quantitative estimate of drug-likeness (QED) is 0.0644. The Morgan fingerprint density at radius 3 is 2.65 bits per heavy atom. The number of pyridine rings is 1. The van der Waals surface area contributed by atoms with Crippen LogP contribution in [0.5, 0.6) is 17.2 Å². The first-order valence-electron chi connectivity index (χ1n) is 19.3. The molecule has 8 rings (SSSR count). The molecular weight excluding hydrogens is 751 g/mol. The summed E-state index contributed by atoms with van der Waals surface area (Å²) in [5.41, 5.74) is 3.41. The number of H-pyrrole nitrogens is 1. The number of carbonyl (C=O) groups excluding carboxylic acids is 1. The van der Waals surface area contributed by atoms with E-state index in [2.05, 4.69) is 35.9 Å². The number of fused-ring (bicyclic) bond motifs is 2. The fourth-order valence-electron chi connectivity index (χ4n) is 8.14. The molecule has 3 aromatic carbocycles. The summed E-state index contributed by atoms with van der Waals surface area (Å²) in [6, 6.07) is 18.2. The number of aromatic amines is 1. The number of hydrogen-bond acceptors (Lipinski definition) is 12. The third-order valence-corrected chi connectivity index (χ3v) is 12.6. The van der Waals surface area contributed by atoms with Gasteiger partial charge in [0.05, 0.1) is 21.6 Å². The lowest BCUT2D eigenvalue weighted by Crippen LogP contribution is -2.47. The number of hydrogen-bond donors (Lipinski definition) is 4. The van der Waals surface area contributed by atoms with Crippen LogP contribution < -0.4 is 19.7 Å². The van der Waals surface area contributed by atoms with E-state index in [0.29, 0.717) is 50.0 Å². The zero-order valence-electron chi connectivity index (χ0n) is 31.4. The van der Waals surface area contributed by atoms with Gasteiger partial charge in [-0.1, -0.05) is 18.6 Å². The highest BCUT2D eigenvalue weighted by atomic mass is 32.2. The summed E-state index contributed by atoms with van der Waals surface area (Å²) in [6.45, 7) is 4.68. The number of ether oxygens (including phenoxy) is 2. The van der Waals surface area contributed by atoms with E-state index in [1.807, 2.05) is 12.1 Å². The minimum Gasteiger partial charge on any atom is -0.508 e. The molecule has 0 bridgehead atoms. The van der Waals surface area contributed by atoms with E-state index in [0.717, 1.165) is 74.3 Å². The Morgan fingerprint density at radius 2 is 1.84 bits per heavy atom. The van der Waals surface area contributed by atoms with Crippen LogP contribution in [0.25, 0.3) is 11.0 Å². The number of nitro benzene ring substituents is 1. The van der Waals surface area contributed by atoms with Crippen LogP contribution in [-0.4, -0.2) is 85.2 Å². The average molecular weight is 796 g/mol. The Balaban J connectivity index is 1.02. The lowest BCUT2D eigenvalue weighted by atomic mass is 9.96. The maximum atomic E-state index is 13.9. The van der Waals surface area contributed by atoms with Gasteiger partial charge in [-0.15, -0.1) is 0 Å². The number of sulfonamides is 1. The smallest absolute Gasteiger partial charge is 0.293 e. The number of rotatable bonds is 11. The average Bonchev–Trinajstić information content (AvgIpc) is 3.58.